The van der Waals surface area contributed by atoms with Gasteiger partial charge in [-0.25, -0.2) is 4.39 Å². The van der Waals surface area contributed by atoms with Gasteiger partial charge in [0.1, 0.15) is 10.7 Å². The van der Waals surface area contributed by atoms with E-state index in [0.29, 0.717) is 20.3 Å². The van der Waals surface area contributed by atoms with Crippen molar-refractivity contribution < 1.29 is 9.13 Å². The fourth-order valence-electron chi connectivity index (χ4n) is 1.44. The second-order valence-corrected chi connectivity index (χ2v) is 5.89. The summed E-state index contributed by atoms with van der Waals surface area (Å²) in [6.07, 6.45) is 0. The zero-order valence-corrected chi connectivity index (χ0v) is 13.5. The first-order valence-corrected chi connectivity index (χ1v) is 7.19. The van der Waals surface area contributed by atoms with E-state index < -0.39 is 5.82 Å². The topological polar surface area (TPSA) is 35.2 Å². The minimum atomic E-state index is -0.441. The number of nitrogens with two attached hydrogens (primary N) is 1. The summed E-state index contributed by atoms with van der Waals surface area (Å²) in [6, 6.07) is 9.69. The molecule has 0 amide bonds. The molecule has 0 radical (unpaired) electrons. The van der Waals surface area contributed by atoms with Crippen molar-refractivity contribution >= 4 is 49.1 Å². The standard InChI is InChI=1S/C13H8Br2FNOS/c14-7-1-4-12(11(16)5-7)18-8-2-3-9(13(17)19)10(15)6-8/h1-6H,(H2,17,19). The molecule has 0 spiro atoms. The zero-order chi connectivity index (χ0) is 14.0. The highest BCUT2D eigenvalue weighted by Crippen LogP contribution is 2.29. The largest absolute Gasteiger partial charge is 0.454 e. The average Bonchev–Trinajstić information content (AvgIpc) is 2.32. The summed E-state index contributed by atoms with van der Waals surface area (Å²) >= 11 is 11.4. The summed E-state index contributed by atoms with van der Waals surface area (Å²) in [7, 11) is 0. The summed E-state index contributed by atoms with van der Waals surface area (Å²) in [4.78, 5) is 0.285. The Labute approximate surface area is 132 Å². The first-order valence-electron chi connectivity index (χ1n) is 5.19. The van der Waals surface area contributed by atoms with Crippen LogP contribution in [0.25, 0.3) is 0 Å². The van der Waals surface area contributed by atoms with Crippen molar-refractivity contribution in [3.8, 4) is 11.5 Å². The van der Waals surface area contributed by atoms with Gasteiger partial charge in [0.05, 0.1) is 0 Å². The molecule has 0 saturated carbocycles. The Kier molecular flexibility index (Phi) is 4.54. The third kappa shape index (κ3) is 3.52. The van der Waals surface area contributed by atoms with Crippen LogP contribution in [-0.2, 0) is 0 Å². The van der Waals surface area contributed by atoms with Crippen LogP contribution in [0.5, 0.6) is 11.5 Å². The number of hydrogen-bond acceptors (Lipinski definition) is 2. The fourth-order valence-corrected chi connectivity index (χ4v) is 2.66. The molecule has 0 saturated heterocycles. The Morgan fingerprint density at radius 3 is 2.47 bits per heavy atom. The Balaban J connectivity index is 2.29. The predicted octanol–water partition coefficient (Wildman–Crippen LogP) is 4.78. The van der Waals surface area contributed by atoms with E-state index in [4.69, 9.17) is 22.7 Å². The maximum atomic E-state index is 13.6. The van der Waals surface area contributed by atoms with Crippen LogP contribution < -0.4 is 10.5 Å². The summed E-state index contributed by atoms with van der Waals surface area (Å²) in [5.74, 6) is 0.204. The smallest absolute Gasteiger partial charge is 0.166 e. The fraction of sp³-hybridized carbons (Fsp3) is 0. The molecule has 0 atom stereocenters. The molecule has 2 rings (SSSR count). The van der Waals surface area contributed by atoms with Gasteiger partial charge in [0.2, 0.25) is 0 Å². The number of thiocarbonyl (C=S) groups is 1. The summed E-state index contributed by atoms with van der Waals surface area (Å²) in [5.41, 5.74) is 6.26. The summed E-state index contributed by atoms with van der Waals surface area (Å²) < 4.78 is 20.5. The second kappa shape index (κ2) is 5.98. The van der Waals surface area contributed by atoms with Crippen LogP contribution in [0.4, 0.5) is 4.39 Å². The first kappa shape index (κ1) is 14.4. The SMILES string of the molecule is NC(=S)c1ccc(Oc2ccc(Br)cc2F)cc1Br. The Morgan fingerprint density at radius 1 is 1.16 bits per heavy atom. The molecule has 0 aliphatic rings. The molecule has 2 N–H and O–H groups in total. The molecule has 2 aromatic carbocycles. The third-order valence-electron chi connectivity index (χ3n) is 2.33. The molecule has 0 aliphatic heterocycles. The molecule has 0 heterocycles. The Bertz CT molecular complexity index is 649. The van der Waals surface area contributed by atoms with E-state index in [1.54, 1.807) is 30.3 Å². The van der Waals surface area contributed by atoms with Gasteiger partial charge in [0.15, 0.2) is 11.6 Å². The average molecular weight is 405 g/mol. The van der Waals surface area contributed by atoms with Gasteiger partial charge in [0, 0.05) is 14.5 Å². The molecule has 0 aliphatic carbocycles. The molecule has 19 heavy (non-hydrogen) atoms. The maximum absolute atomic E-state index is 13.6. The molecular weight excluding hydrogens is 397 g/mol. The predicted molar refractivity (Wildman–Crippen MR) is 84.2 cm³/mol. The highest BCUT2D eigenvalue weighted by Gasteiger charge is 2.08. The molecular formula is C13H8Br2FNOS. The summed E-state index contributed by atoms with van der Waals surface area (Å²) in [5, 5.41) is 0. The van der Waals surface area contributed by atoms with Gasteiger partial charge in [-0.1, -0.05) is 28.1 Å². The van der Waals surface area contributed by atoms with Gasteiger partial charge in [-0.3, -0.25) is 0 Å². The lowest BCUT2D eigenvalue weighted by molar-refractivity contribution is 0.441. The number of hydrogen-bond donors (Lipinski definition) is 1. The van der Waals surface area contributed by atoms with E-state index in [1.807, 2.05) is 0 Å². The van der Waals surface area contributed by atoms with Crippen LogP contribution >= 0.6 is 44.1 Å². The molecule has 2 aromatic rings. The lowest BCUT2D eigenvalue weighted by Crippen LogP contribution is -2.09. The Morgan fingerprint density at radius 2 is 1.89 bits per heavy atom. The first-order chi connectivity index (χ1) is 8.97. The van der Waals surface area contributed by atoms with Gasteiger partial charge in [0.25, 0.3) is 0 Å². The van der Waals surface area contributed by atoms with Crippen LogP contribution in [0, 0.1) is 5.82 Å². The lowest BCUT2D eigenvalue weighted by atomic mass is 10.2. The minimum absolute atomic E-state index is 0.151. The number of halogens is 3. The Hall–Kier alpha value is -0.980. The van der Waals surface area contributed by atoms with Crippen molar-refractivity contribution in [3.05, 3.63) is 56.7 Å². The molecule has 0 unspecified atom stereocenters. The number of rotatable bonds is 3. The van der Waals surface area contributed by atoms with Crippen molar-refractivity contribution in [1.82, 2.24) is 0 Å². The second-order valence-electron chi connectivity index (χ2n) is 3.68. The summed E-state index contributed by atoms with van der Waals surface area (Å²) in [6.45, 7) is 0. The third-order valence-corrected chi connectivity index (χ3v) is 3.70. The maximum Gasteiger partial charge on any atom is 0.166 e. The minimum Gasteiger partial charge on any atom is -0.454 e. The van der Waals surface area contributed by atoms with E-state index in [-0.39, 0.29) is 10.7 Å². The molecule has 0 aromatic heterocycles. The van der Waals surface area contributed by atoms with E-state index in [1.165, 1.54) is 6.07 Å². The van der Waals surface area contributed by atoms with Gasteiger partial charge in [-0.15, -0.1) is 0 Å². The van der Waals surface area contributed by atoms with Crippen molar-refractivity contribution in [2.75, 3.05) is 0 Å². The molecule has 2 nitrogen and oxygen atoms in total. The van der Waals surface area contributed by atoms with Gasteiger partial charge in [-0.2, -0.15) is 0 Å². The van der Waals surface area contributed by atoms with Crippen molar-refractivity contribution in [2.45, 2.75) is 0 Å². The number of benzene rings is 2. The molecule has 0 fully saturated rings. The van der Waals surface area contributed by atoms with Gasteiger partial charge < -0.3 is 10.5 Å². The van der Waals surface area contributed by atoms with E-state index in [9.17, 15) is 4.39 Å². The molecule has 98 valence electrons. The van der Waals surface area contributed by atoms with Crippen LogP contribution in [0.1, 0.15) is 5.56 Å². The van der Waals surface area contributed by atoms with Crippen molar-refractivity contribution in [2.24, 2.45) is 5.73 Å². The highest BCUT2D eigenvalue weighted by molar-refractivity contribution is 9.10. The van der Waals surface area contributed by atoms with Crippen LogP contribution in [0.3, 0.4) is 0 Å². The quantitative estimate of drug-likeness (QED) is 0.747. The van der Waals surface area contributed by atoms with E-state index >= 15 is 0 Å². The van der Waals surface area contributed by atoms with E-state index in [0.717, 1.165) is 0 Å². The molecule has 6 heteroatoms. The number of ether oxygens (including phenoxy) is 1. The van der Waals surface area contributed by atoms with Crippen LogP contribution in [0.15, 0.2) is 45.3 Å². The lowest BCUT2D eigenvalue weighted by Gasteiger charge is -2.09. The van der Waals surface area contributed by atoms with Crippen LogP contribution in [-0.4, -0.2) is 4.99 Å². The van der Waals surface area contributed by atoms with Crippen molar-refractivity contribution in [1.29, 1.82) is 0 Å². The monoisotopic (exact) mass is 403 g/mol. The van der Waals surface area contributed by atoms with Gasteiger partial charge >= 0.3 is 0 Å². The highest BCUT2D eigenvalue weighted by atomic mass is 79.9. The van der Waals surface area contributed by atoms with Crippen LogP contribution in [0.2, 0.25) is 0 Å². The molecule has 0 bridgehead atoms. The normalized spacial score (nSPS) is 10.3. The zero-order valence-electron chi connectivity index (χ0n) is 9.49. The van der Waals surface area contributed by atoms with E-state index in [2.05, 4.69) is 31.9 Å². The van der Waals surface area contributed by atoms with Gasteiger partial charge in [-0.05, 0) is 52.3 Å². The van der Waals surface area contributed by atoms with Crippen molar-refractivity contribution in [3.63, 3.8) is 0 Å².